The highest BCUT2D eigenvalue weighted by molar-refractivity contribution is 6.24. The van der Waals surface area contributed by atoms with Crippen molar-refractivity contribution in [1.82, 2.24) is 19.1 Å². The van der Waals surface area contributed by atoms with Gasteiger partial charge in [0.1, 0.15) is 0 Å². The second-order valence-electron chi connectivity index (χ2n) is 13.4. The normalized spacial score (nSPS) is 11.8. The summed E-state index contributed by atoms with van der Waals surface area (Å²) in [6.07, 6.45) is 0. The molecule has 0 fully saturated rings. The molecular weight excluding hydrogens is 633 g/mol. The number of rotatable bonds is 4. The molecule has 0 aliphatic rings. The number of aromatic nitrogens is 4. The Morgan fingerprint density at radius 3 is 1.52 bits per heavy atom. The van der Waals surface area contributed by atoms with E-state index in [9.17, 15) is 0 Å². The summed E-state index contributed by atoms with van der Waals surface area (Å²) in [7, 11) is 0. The second-order valence-corrected chi connectivity index (χ2v) is 13.4. The van der Waals surface area contributed by atoms with Crippen molar-refractivity contribution in [3.8, 4) is 33.9 Å². The van der Waals surface area contributed by atoms with Crippen LogP contribution in [0.4, 0.5) is 0 Å². The van der Waals surface area contributed by atoms with Crippen molar-refractivity contribution < 1.29 is 0 Å². The van der Waals surface area contributed by atoms with Gasteiger partial charge in [0.25, 0.3) is 0 Å². The summed E-state index contributed by atoms with van der Waals surface area (Å²) in [5.74, 6) is 0. The zero-order chi connectivity index (χ0) is 34.2. The smallest absolute Gasteiger partial charge is 0.0973 e. The molecule has 3 aromatic heterocycles. The van der Waals surface area contributed by atoms with E-state index in [-0.39, 0.29) is 0 Å². The minimum absolute atomic E-state index is 0.864. The molecule has 0 radical (unpaired) electrons. The van der Waals surface area contributed by atoms with E-state index in [4.69, 9.17) is 9.97 Å². The lowest BCUT2D eigenvalue weighted by atomic mass is 10.0. The fourth-order valence-corrected chi connectivity index (χ4v) is 8.14. The van der Waals surface area contributed by atoms with E-state index in [1.54, 1.807) is 0 Å². The summed E-state index contributed by atoms with van der Waals surface area (Å²) in [5, 5.41) is 7.34. The number of fused-ring (bicyclic) bond motifs is 9. The van der Waals surface area contributed by atoms with Gasteiger partial charge in [0.15, 0.2) is 0 Å². The van der Waals surface area contributed by atoms with Gasteiger partial charge < -0.3 is 9.13 Å². The van der Waals surface area contributed by atoms with Crippen LogP contribution in [0.5, 0.6) is 0 Å². The molecule has 4 heteroatoms. The Bertz CT molecular complexity index is 3190. The molecule has 0 spiro atoms. The monoisotopic (exact) mass is 662 g/mol. The molecule has 11 rings (SSSR count). The Balaban J connectivity index is 1.24. The molecule has 0 N–H and O–H groups in total. The zero-order valence-corrected chi connectivity index (χ0v) is 28.1. The van der Waals surface area contributed by atoms with Crippen molar-refractivity contribution in [3.05, 3.63) is 182 Å². The van der Waals surface area contributed by atoms with Crippen LogP contribution in [0.3, 0.4) is 0 Å². The number of hydrogen-bond donors (Lipinski definition) is 0. The summed E-state index contributed by atoms with van der Waals surface area (Å²) >= 11 is 0. The quantitative estimate of drug-likeness (QED) is 0.188. The first-order valence-corrected chi connectivity index (χ1v) is 17.7. The summed E-state index contributed by atoms with van der Waals surface area (Å²) < 4.78 is 4.91. The Kier molecular flexibility index (Phi) is 6.22. The highest BCUT2D eigenvalue weighted by Gasteiger charge is 2.22. The highest BCUT2D eigenvalue weighted by Crippen LogP contribution is 2.42. The van der Waals surface area contributed by atoms with Gasteiger partial charge >= 0.3 is 0 Å². The van der Waals surface area contributed by atoms with Crippen molar-refractivity contribution >= 4 is 65.4 Å². The van der Waals surface area contributed by atoms with Crippen LogP contribution in [-0.4, -0.2) is 19.1 Å². The lowest BCUT2D eigenvalue weighted by Crippen LogP contribution is -2.00. The summed E-state index contributed by atoms with van der Waals surface area (Å²) in [6.45, 7) is 0. The van der Waals surface area contributed by atoms with E-state index in [0.29, 0.717) is 0 Å². The molecule has 0 saturated heterocycles. The van der Waals surface area contributed by atoms with Crippen LogP contribution < -0.4 is 0 Å². The Hall–Kier alpha value is -7.04. The number of benzene rings is 8. The topological polar surface area (TPSA) is 35.6 Å². The van der Waals surface area contributed by atoms with Crippen LogP contribution in [0, 0.1) is 0 Å². The maximum atomic E-state index is 5.25. The maximum absolute atomic E-state index is 5.25. The molecule has 52 heavy (non-hydrogen) atoms. The van der Waals surface area contributed by atoms with Gasteiger partial charge in [-0.05, 0) is 59.3 Å². The molecule has 11 aromatic rings. The molecule has 0 amide bonds. The fraction of sp³-hybridized carbons (Fsp3) is 0. The maximum Gasteiger partial charge on any atom is 0.0973 e. The zero-order valence-electron chi connectivity index (χ0n) is 28.1. The van der Waals surface area contributed by atoms with Gasteiger partial charge in [-0.2, -0.15) is 0 Å². The van der Waals surface area contributed by atoms with Crippen LogP contribution in [0.15, 0.2) is 182 Å². The van der Waals surface area contributed by atoms with Gasteiger partial charge in [-0.1, -0.05) is 133 Å². The third-order valence-corrected chi connectivity index (χ3v) is 10.5. The molecular formula is C48H30N4. The molecule has 0 atom stereocenters. The number of hydrogen-bond acceptors (Lipinski definition) is 2. The van der Waals surface area contributed by atoms with Gasteiger partial charge in [0, 0.05) is 44.0 Å². The van der Waals surface area contributed by atoms with Crippen LogP contribution in [0.2, 0.25) is 0 Å². The van der Waals surface area contributed by atoms with E-state index in [2.05, 4.69) is 161 Å². The minimum atomic E-state index is 0.864. The minimum Gasteiger partial charge on any atom is -0.307 e. The van der Waals surface area contributed by atoms with Crippen molar-refractivity contribution in [1.29, 1.82) is 0 Å². The van der Waals surface area contributed by atoms with Gasteiger partial charge in [-0.3, -0.25) is 0 Å². The Labute approximate surface area is 299 Å². The SMILES string of the molecule is c1ccc(-c2nc3ccccc3nc2-c2cccc(-n3c4ccccc4c4ccc5c6ccccc6n(-c6ccc7ccccc7c6)c5c43)c2)cc1. The number of para-hydroxylation sites is 4. The van der Waals surface area contributed by atoms with Crippen molar-refractivity contribution in [3.63, 3.8) is 0 Å². The van der Waals surface area contributed by atoms with Crippen molar-refractivity contribution in [2.24, 2.45) is 0 Å². The first kappa shape index (κ1) is 28.8. The average molecular weight is 663 g/mol. The highest BCUT2D eigenvalue weighted by atomic mass is 15.0. The second kappa shape index (κ2) is 11.2. The number of nitrogens with zero attached hydrogens (tertiary/aromatic N) is 4. The third-order valence-electron chi connectivity index (χ3n) is 10.5. The van der Waals surface area contributed by atoms with Gasteiger partial charge in [-0.25, -0.2) is 9.97 Å². The molecule has 8 aromatic carbocycles. The molecule has 3 heterocycles. The van der Waals surface area contributed by atoms with E-state index < -0.39 is 0 Å². The molecule has 242 valence electrons. The molecule has 0 aliphatic carbocycles. The van der Waals surface area contributed by atoms with Gasteiger partial charge in [0.05, 0.1) is 44.5 Å². The van der Waals surface area contributed by atoms with Gasteiger partial charge in [-0.15, -0.1) is 0 Å². The first-order valence-electron chi connectivity index (χ1n) is 17.7. The van der Waals surface area contributed by atoms with E-state index >= 15 is 0 Å². The van der Waals surface area contributed by atoms with E-state index in [0.717, 1.165) is 50.4 Å². The molecule has 0 saturated carbocycles. The van der Waals surface area contributed by atoms with E-state index in [1.807, 2.05) is 30.3 Å². The Morgan fingerprint density at radius 1 is 0.327 bits per heavy atom. The first-order chi connectivity index (χ1) is 25.8. The summed E-state index contributed by atoms with van der Waals surface area (Å²) in [4.78, 5) is 10.4. The molecule has 0 bridgehead atoms. The molecule has 4 nitrogen and oxygen atoms in total. The predicted octanol–water partition coefficient (Wildman–Crippen LogP) is 12.3. The predicted molar refractivity (Wildman–Crippen MR) is 217 cm³/mol. The third kappa shape index (κ3) is 4.28. The molecule has 0 unspecified atom stereocenters. The Morgan fingerprint density at radius 2 is 0.846 bits per heavy atom. The van der Waals surface area contributed by atoms with E-state index in [1.165, 1.54) is 48.9 Å². The van der Waals surface area contributed by atoms with Gasteiger partial charge in [0.2, 0.25) is 0 Å². The summed E-state index contributed by atoms with van der Waals surface area (Å²) in [5.41, 5.74) is 12.5. The fourth-order valence-electron chi connectivity index (χ4n) is 8.14. The lowest BCUT2D eigenvalue weighted by molar-refractivity contribution is 1.15. The largest absolute Gasteiger partial charge is 0.307 e. The van der Waals surface area contributed by atoms with Crippen molar-refractivity contribution in [2.75, 3.05) is 0 Å². The summed E-state index contributed by atoms with van der Waals surface area (Å²) in [6, 6.07) is 64.9. The average Bonchev–Trinajstić information content (AvgIpc) is 3.74. The van der Waals surface area contributed by atoms with Crippen LogP contribution >= 0.6 is 0 Å². The van der Waals surface area contributed by atoms with Crippen LogP contribution in [0.25, 0.3) is 99.3 Å². The van der Waals surface area contributed by atoms with Crippen molar-refractivity contribution in [2.45, 2.75) is 0 Å². The lowest BCUT2D eigenvalue weighted by Gasteiger charge is -2.15. The standard InChI is InChI=1S/C48H30N4/c1-2-14-32(15-3-1)45-46(50-42-22-9-8-21-41(42)49-45)34-17-12-18-35(30-34)51-43-23-10-6-19-37(43)39-27-28-40-38-20-7-11-24-44(38)52(48(40)47(39)51)36-26-25-31-13-4-5-16-33(31)29-36/h1-30H. The molecule has 0 aliphatic heterocycles. The van der Waals surface area contributed by atoms with Crippen LogP contribution in [0.1, 0.15) is 0 Å². The van der Waals surface area contributed by atoms with Crippen LogP contribution in [-0.2, 0) is 0 Å².